The van der Waals surface area contributed by atoms with Gasteiger partial charge in [0.1, 0.15) is 11.9 Å². The number of halogens is 1. The Hall–Kier alpha value is -0.680. The van der Waals surface area contributed by atoms with Crippen LogP contribution >= 0.6 is 15.9 Å². The predicted octanol–water partition coefficient (Wildman–Crippen LogP) is 1.52. The van der Waals surface area contributed by atoms with Gasteiger partial charge >= 0.3 is 0 Å². The fourth-order valence-corrected chi connectivity index (χ4v) is 1.89. The number of ether oxygens (including phenoxy) is 1. The van der Waals surface area contributed by atoms with Crippen LogP contribution in [-0.4, -0.2) is 16.6 Å². The molecule has 0 spiro atoms. The van der Waals surface area contributed by atoms with Crippen molar-refractivity contribution in [1.82, 2.24) is 9.97 Å². The van der Waals surface area contributed by atoms with E-state index < -0.39 is 0 Å². The summed E-state index contributed by atoms with van der Waals surface area (Å²) in [5.74, 6) is 0.650. The van der Waals surface area contributed by atoms with Crippen LogP contribution in [-0.2, 0) is 10.1 Å². The Bertz CT molecular complexity index is 371. The SMILES string of the molecule is O=c1[nH]c(C2CCCO2)ncc1CBr. The van der Waals surface area contributed by atoms with Gasteiger partial charge in [0.15, 0.2) is 0 Å². The number of aromatic nitrogens is 2. The van der Waals surface area contributed by atoms with Crippen molar-refractivity contribution < 1.29 is 4.74 Å². The van der Waals surface area contributed by atoms with Crippen LogP contribution in [0, 0.1) is 0 Å². The number of nitrogens with one attached hydrogen (secondary N) is 1. The number of H-pyrrole nitrogens is 1. The quantitative estimate of drug-likeness (QED) is 0.819. The van der Waals surface area contributed by atoms with Crippen LogP contribution in [0.4, 0.5) is 0 Å². The Morgan fingerprint density at radius 2 is 2.57 bits per heavy atom. The van der Waals surface area contributed by atoms with Crippen molar-refractivity contribution in [1.29, 1.82) is 0 Å². The van der Waals surface area contributed by atoms with Gasteiger partial charge < -0.3 is 9.72 Å². The van der Waals surface area contributed by atoms with E-state index >= 15 is 0 Å². The summed E-state index contributed by atoms with van der Waals surface area (Å²) in [5, 5.41) is 0.529. The summed E-state index contributed by atoms with van der Waals surface area (Å²) >= 11 is 3.23. The van der Waals surface area contributed by atoms with Gasteiger partial charge in [-0.3, -0.25) is 4.79 Å². The number of alkyl halides is 1. The highest BCUT2D eigenvalue weighted by Gasteiger charge is 2.19. The van der Waals surface area contributed by atoms with Gasteiger partial charge in [0.25, 0.3) is 5.56 Å². The molecule has 76 valence electrons. The third-order valence-corrected chi connectivity index (χ3v) is 2.88. The lowest BCUT2D eigenvalue weighted by Gasteiger charge is -2.07. The second-order valence-corrected chi connectivity index (χ2v) is 3.82. The highest BCUT2D eigenvalue weighted by molar-refractivity contribution is 9.08. The molecule has 1 aromatic heterocycles. The molecular weight excluding hydrogens is 248 g/mol. The lowest BCUT2D eigenvalue weighted by molar-refractivity contribution is 0.105. The Kier molecular flexibility index (Phi) is 2.98. The summed E-state index contributed by atoms with van der Waals surface area (Å²) in [4.78, 5) is 18.4. The molecule has 1 fully saturated rings. The van der Waals surface area contributed by atoms with E-state index in [1.165, 1.54) is 0 Å². The van der Waals surface area contributed by atoms with Crippen molar-refractivity contribution in [3.8, 4) is 0 Å². The van der Waals surface area contributed by atoms with E-state index in [4.69, 9.17) is 4.74 Å². The fourth-order valence-electron chi connectivity index (χ4n) is 1.49. The van der Waals surface area contributed by atoms with Crippen molar-refractivity contribution in [2.45, 2.75) is 24.3 Å². The minimum Gasteiger partial charge on any atom is -0.370 e. The van der Waals surface area contributed by atoms with Gasteiger partial charge in [0.05, 0.1) is 0 Å². The Morgan fingerprint density at radius 1 is 1.71 bits per heavy atom. The molecule has 1 aliphatic heterocycles. The summed E-state index contributed by atoms with van der Waals surface area (Å²) in [6.07, 6.45) is 3.56. The molecule has 1 aromatic rings. The van der Waals surface area contributed by atoms with Gasteiger partial charge in [-0.15, -0.1) is 0 Å². The topological polar surface area (TPSA) is 55.0 Å². The minimum atomic E-state index is -0.0811. The molecule has 0 aromatic carbocycles. The average Bonchev–Trinajstić information content (AvgIpc) is 2.70. The number of nitrogens with zero attached hydrogens (tertiary/aromatic N) is 1. The molecule has 1 saturated heterocycles. The summed E-state index contributed by atoms with van der Waals surface area (Å²) in [5.41, 5.74) is 0.564. The zero-order valence-electron chi connectivity index (χ0n) is 7.62. The molecule has 0 saturated carbocycles. The number of hydrogen-bond acceptors (Lipinski definition) is 3. The normalized spacial score (nSPS) is 21.4. The van der Waals surface area contributed by atoms with Crippen LogP contribution in [0.5, 0.6) is 0 Å². The standard InChI is InChI=1S/C9H11BrN2O2/c10-4-6-5-11-8(12-9(6)13)7-2-1-3-14-7/h5,7H,1-4H2,(H,11,12,13). The van der Waals surface area contributed by atoms with Gasteiger partial charge in [-0.25, -0.2) is 4.98 Å². The predicted molar refractivity (Wildman–Crippen MR) is 55.4 cm³/mol. The maximum Gasteiger partial charge on any atom is 0.254 e. The van der Waals surface area contributed by atoms with E-state index in [0.29, 0.717) is 16.7 Å². The first kappa shape index (κ1) is 9.86. The number of rotatable bonds is 2. The molecular formula is C9H11BrN2O2. The zero-order chi connectivity index (χ0) is 9.97. The molecule has 2 rings (SSSR count). The van der Waals surface area contributed by atoms with E-state index in [0.717, 1.165) is 19.4 Å². The molecule has 0 aliphatic carbocycles. The van der Waals surface area contributed by atoms with Gasteiger partial charge in [0.2, 0.25) is 0 Å². The van der Waals surface area contributed by atoms with Gasteiger partial charge in [-0.05, 0) is 12.8 Å². The molecule has 5 heteroatoms. The number of hydrogen-bond donors (Lipinski definition) is 1. The maximum atomic E-state index is 11.4. The van der Waals surface area contributed by atoms with Crippen LogP contribution < -0.4 is 5.56 Å². The Morgan fingerprint density at radius 3 is 3.14 bits per heavy atom. The van der Waals surface area contributed by atoms with Crippen molar-refractivity contribution in [3.63, 3.8) is 0 Å². The largest absolute Gasteiger partial charge is 0.370 e. The van der Waals surface area contributed by atoms with Crippen LogP contribution in [0.15, 0.2) is 11.0 Å². The minimum absolute atomic E-state index is 0.0212. The summed E-state index contributed by atoms with van der Waals surface area (Å²) in [6, 6.07) is 0. The van der Waals surface area contributed by atoms with Crippen molar-refractivity contribution in [2.75, 3.05) is 6.61 Å². The smallest absolute Gasteiger partial charge is 0.254 e. The molecule has 1 N–H and O–H groups in total. The molecule has 14 heavy (non-hydrogen) atoms. The van der Waals surface area contributed by atoms with Crippen LogP contribution in [0.25, 0.3) is 0 Å². The maximum absolute atomic E-state index is 11.4. The van der Waals surface area contributed by atoms with E-state index in [1.807, 2.05) is 0 Å². The second-order valence-electron chi connectivity index (χ2n) is 3.26. The first-order chi connectivity index (χ1) is 6.81. The Balaban J connectivity index is 2.27. The Labute approximate surface area is 89.8 Å². The monoisotopic (exact) mass is 258 g/mol. The molecule has 4 nitrogen and oxygen atoms in total. The average molecular weight is 259 g/mol. The first-order valence-corrected chi connectivity index (χ1v) is 5.69. The summed E-state index contributed by atoms with van der Waals surface area (Å²) in [6.45, 7) is 0.759. The second kappa shape index (κ2) is 4.23. The van der Waals surface area contributed by atoms with Crippen molar-refractivity contribution in [3.05, 3.63) is 27.9 Å². The van der Waals surface area contributed by atoms with E-state index in [1.54, 1.807) is 6.20 Å². The van der Waals surface area contributed by atoms with Gasteiger partial charge in [-0.1, -0.05) is 15.9 Å². The lowest BCUT2D eigenvalue weighted by Crippen LogP contribution is -2.17. The van der Waals surface area contributed by atoms with E-state index in [-0.39, 0.29) is 11.7 Å². The summed E-state index contributed by atoms with van der Waals surface area (Å²) in [7, 11) is 0. The summed E-state index contributed by atoms with van der Waals surface area (Å²) < 4.78 is 5.42. The number of aromatic amines is 1. The molecule has 0 amide bonds. The highest BCUT2D eigenvalue weighted by atomic mass is 79.9. The van der Waals surface area contributed by atoms with E-state index in [2.05, 4.69) is 25.9 Å². The fraction of sp³-hybridized carbons (Fsp3) is 0.556. The van der Waals surface area contributed by atoms with Crippen LogP contribution in [0.2, 0.25) is 0 Å². The third kappa shape index (κ3) is 1.88. The van der Waals surface area contributed by atoms with Gasteiger partial charge in [-0.2, -0.15) is 0 Å². The van der Waals surface area contributed by atoms with Crippen molar-refractivity contribution in [2.24, 2.45) is 0 Å². The molecule has 1 unspecified atom stereocenters. The van der Waals surface area contributed by atoms with Crippen molar-refractivity contribution >= 4 is 15.9 Å². The lowest BCUT2D eigenvalue weighted by atomic mass is 10.2. The zero-order valence-corrected chi connectivity index (χ0v) is 9.21. The first-order valence-electron chi connectivity index (χ1n) is 4.57. The molecule has 0 bridgehead atoms. The van der Waals surface area contributed by atoms with Crippen LogP contribution in [0.3, 0.4) is 0 Å². The molecule has 2 heterocycles. The van der Waals surface area contributed by atoms with E-state index in [9.17, 15) is 4.79 Å². The third-order valence-electron chi connectivity index (χ3n) is 2.27. The molecule has 0 radical (unpaired) electrons. The van der Waals surface area contributed by atoms with Gasteiger partial charge in [0, 0.05) is 23.7 Å². The molecule has 1 atom stereocenters. The van der Waals surface area contributed by atoms with Crippen LogP contribution in [0.1, 0.15) is 30.3 Å². The highest BCUT2D eigenvalue weighted by Crippen LogP contribution is 2.24. The molecule has 1 aliphatic rings.